The Labute approximate surface area is 131 Å². The van der Waals surface area contributed by atoms with Crippen molar-refractivity contribution in [2.75, 3.05) is 23.3 Å². The predicted molar refractivity (Wildman–Crippen MR) is 89.5 cm³/mol. The highest BCUT2D eigenvalue weighted by atomic mass is 16.1. The lowest BCUT2D eigenvalue weighted by molar-refractivity contribution is 0.102. The molecule has 0 aliphatic carbocycles. The van der Waals surface area contributed by atoms with Gasteiger partial charge in [0.05, 0.1) is 0 Å². The molecule has 116 valence electrons. The minimum atomic E-state index is -0.220. The molecule has 0 saturated heterocycles. The molecule has 0 unspecified atom stereocenters. The second-order valence-corrected chi connectivity index (χ2v) is 5.21. The summed E-state index contributed by atoms with van der Waals surface area (Å²) in [5.41, 5.74) is 3.38. The van der Waals surface area contributed by atoms with Crippen LogP contribution in [0.1, 0.15) is 35.5 Å². The van der Waals surface area contributed by atoms with Gasteiger partial charge in [0, 0.05) is 24.8 Å². The molecule has 1 aromatic heterocycles. The molecule has 0 aliphatic rings. The van der Waals surface area contributed by atoms with Crippen molar-refractivity contribution < 1.29 is 4.79 Å². The lowest BCUT2D eigenvalue weighted by Gasteiger charge is -2.19. The fourth-order valence-electron chi connectivity index (χ4n) is 2.33. The van der Waals surface area contributed by atoms with Crippen LogP contribution in [0, 0.1) is 13.8 Å². The van der Waals surface area contributed by atoms with Crippen molar-refractivity contribution in [2.45, 2.75) is 27.7 Å². The third-order valence-corrected chi connectivity index (χ3v) is 3.60. The molecule has 0 spiro atoms. The number of amides is 1. The van der Waals surface area contributed by atoms with Crippen LogP contribution in [-0.4, -0.2) is 29.0 Å². The fourth-order valence-corrected chi connectivity index (χ4v) is 2.33. The third kappa shape index (κ3) is 3.61. The van der Waals surface area contributed by atoms with Crippen LogP contribution in [0.3, 0.4) is 0 Å². The molecular formula is C17H22N4O. The molecule has 0 atom stereocenters. The largest absolute Gasteiger partial charge is 0.357 e. The number of hydrogen-bond acceptors (Lipinski definition) is 4. The van der Waals surface area contributed by atoms with E-state index in [9.17, 15) is 4.79 Å². The maximum atomic E-state index is 12.4. The summed E-state index contributed by atoms with van der Waals surface area (Å²) in [5.74, 6) is 0.550. The Balaban J connectivity index is 2.21. The highest BCUT2D eigenvalue weighted by Gasteiger charge is 2.12. The van der Waals surface area contributed by atoms with E-state index in [1.54, 1.807) is 6.07 Å². The summed E-state index contributed by atoms with van der Waals surface area (Å²) >= 11 is 0. The Hall–Kier alpha value is -2.43. The Morgan fingerprint density at radius 3 is 2.50 bits per heavy atom. The van der Waals surface area contributed by atoms with Crippen LogP contribution < -0.4 is 10.2 Å². The summed E-state index contributed by atoms with van der Waals surface area (Å²) in [5, 5.41) is 2.91. The predicted octanol–water partition coefficient (Wildman–Crippen LogP) is 3.19. The maximum absolute atomic E-state index is 12.4. The average Bonchev–Trinajstić information content (AvgIpc) is 2.51. The number of carbonyl (C=O) groups excluding carboxylic acids is 1. The zero-order chi connectivity index (χ0) is 16.1. The molecule has 1 N–H and O–H groups in total. The monoisotopic (exact) mass is 298 g/mol. The summed E-state index contributed by atoms with van der Waals surface area (Å²) < 4.78 is 0. The first-order valence-electron chi connectivity index (χ1n) is 7.50. The van der Waals surface area contributed by atoms with E-state index in [1.165, 1.54) is 11.9 Å². The van der Waals surface area contributed by atoms with Crippen LogP contribution in [0.5, 0.6) is 0 Å². The Bertz CT molecular complexity index is 665. The SMILES string of the molecule is CCN(CC)c1cc(C(=O)Nc2ccc(C)cc2C)ncn1. The highest BCUT2D eigenvalue weighted by molar-refractivity contribution is 6.03. The van der Waals surface area contributed by atoms with Gasteiger partial charge in [-0.15, -0.1) is 0 Å². The topological polar surface area (TPSA) is 58.1 Å². The minimum absolute atomic E-state index is 0.220. The van der Waals surface area contributed by atoms with Gasteiger partial charge in [0.25, 0.3) is 5.91 Å². The first-order valence-corrected chi connectivity index (χ1v) is 7.50. The zero-order valence-corrected chi connectivity index (χ0v) is 13.6. The number of nitrogens with one attached hydrogen (secondary N) is 1. The van der Waals surface area contributed by atoms with Crippen LogP contribution >= 0.6 is 0 Å². The van der Waals surface area contributed by atoms with Crippen LogP contribution in [0.15, 0.2) is 30.6 Å². The third-order valence-electron chi connectivity index (χ3n) is 3.60. The highest BCUT2D eigenvalue weighted by Crippen LogP contribution is 2.17. The molecule has 1 aromatic carbocycles. The van der Waals surface area contributed by atoms with Crippen LogP contribution in [0.25, 0.3) is 0 Å². The van der Waals surface area contributed by atoms with E-state index in [2.05, 4.69) is 34.0 Å². The molecule has 22 heavy (non-hydrogen) atoms. The molecule has 5 nitrogen and oxygen atoms in total. The van der Waals surface area contributed by atoms with Crippen molar-refractivity contribution >= 4 is 17.4 Å². The average molecular weight is 298 g/mol. The Morgan fingerprint density at radius 2 is 1.86 bits per heavy atom. The van der Waals surface area contributed by atoms with Crippen molar-refractivity contribution in [3.05, 3.63) is 47.4 Å². The molecule has 1 amide bonds. The smallest absolute Gasteiger partial charge is 0.274 e. The number of nitrogens with zero attached hydrogens (tertiary/aromatic N) is 3. The molecule has 0 bridgehead atoms. The van der Waals surface area contributed by atoms with E-state index in [0.717, 1.165) is 30.2 Å². The normalized spacial score (nSPS) is 10.4. The van der Waals surface area contributed by atoms with Gasteiger partial charge in [0.2, 0.25) is 0 Å². The van der Waals surface area contributed by atoms with Crippen molar-refractivity contribution in [1.82, 2.24) is 9.97 Å². The molecule has 2 aromatic rings. The van der Waals surface area contributed by atoms with Gasteiger partial charge in [-0.05, 0) is 39.3 Å². The number of anilines is 2. The number of carbonyl (C=O) groups is 1. The minimum Gasteiger partial charge on any atom is -0.357 e. The van der Waals surface area contributed by atoms with Crippen LogP contribution in [-0.2, 0) is 0 Å². The van der Waals surface area contributed by atoms with Crippen LogP contribution in [0.4, 0.5) is 11.5 Å². The van der Waals surface area contributed by atoms with E-state index in [-0.39, 0.29) is 5.91 Å². The molecule has 0 aliphatic heterocycles. The number of hydrogen-bond donors (Lipinski definition) is 1. The molecule has 5 heteroatoms. The summed E-state index contributed by atoms with van der Waals surface area (Å²) in [6.07, 6.45) is 1.44. The van der Waals surface area contributed by atoms with Crippen molar-refractivity contribution in [3.8, 4) is 0 Å². The van der Waals surface area contributed by atoms with E-state index in [0.29, 0.717) is 5.69 Å². The van der Waals surface area contributed by atoms with E-state index >= 15 is 0 Å². The van der Waals surface area contributed by atoms with E-state index in [4.69, 9.17) is 0 Å². The second-order valence-electron chi connectivity index (χ2n) is 5.21. The second kappa shape index (κ2) is 7.02. The fraction of sp³-hybridized carbons (Fsp3) is 0.353. The van der Waals surface area contributed by atoms with Gasteiger partial charge in [-0.2, -0.15) is 0 Å². The summed E-state index contributed by atoms with van der Waals surface area (Å²) in [7, 11) is 0. The molecule has 1 heterocycles. The quantitative estimate of drug-likeness (QED) is 0.921. The number of aryl methyl sites for hydroxylation is 2. The van der Waals surface area contributed by atoms with Gasteiger partial charge in [0.15, 0.2) is 0 Å². The van der Waals surface area contributed by atoms with E-state index in [1.807, 2.05) is 32.0 Å². The van der Waals surface area contributed by atoms with Crippen molar-refractivity contribution in [1.29, 1.82) is 0 Å². The van der Waals surface area contributed by atoms with Gasteiger partial charge < -0.3 is 10.2 Å². The summed E-state index contributed by atoms with van der Waals surface area (Å²) in [6, 6.07) is 7.65. The molecular weight excluding hydrogens is 276 g/mol. The molecule has 0 fully saturated rings. The lowest BCUT2D eigenvalue weighted by atomic mass is 10.1. The van der Waals surface area contributed by atoms with Gasteiger partial charge in [-0.3, -0.25) is 4.79 Å². The Morgan fingerprint density at radius 1 is 1.14 bits per heavy atom. The molecule has 2 rings (SSSR count). The molecule has 0 saturated carbocycles. The molecule has 0 radical (unpaired) electrons. The zero-order valence-electron chi connectivity index (χ0n) is 13.6. The van der Waals surface area contributed by atoms with Gasteiger partial charge in [-0.1, -0.05) is 17.7 Å². The first-order chi connectivity index (χ1) is 10.5. The summed E-state index contributed by atoms with van der Waals surface area (Å²) in [4.78, 5) is 22.8. The van der Waals surface area contributed by atoms with Gasteiger partial charge in [-0.25, -0.2) is 9.97 Å². The number of aromatic nitrogens is 2. The summed E-state index contributed by atoms with van der Waals surface area (Å²) in [6.45, 7) is 9.79. The van der Waals surface area contributed by atoms with Crippen molar-refractivity contribution in [3.63, 3.8) is 0 Å². The number of benzene rings is 1. The van der Waals surface area contributed by atoms with Crippen molar-refractivity contribution in [2.24, 2.45) is 0 Å². The maximum Gasteiger partial charge on any atom is 0.274 e. The first kappa shape index (κ1) is 15.9. The van der Waals surface area contributed by atoms with Gasteiger partial charge in [0.1, 0.15) is 17.8 Å². The van der Waals surface area contributed by atoms with E-state index < -0.39 is 0 Å². The standard InChI is InChI=1S/C17H22N4O/c1-5-21(6-2)16-10-15(18-11-19-16)17(22)20-14-8-7-12(3)9-13(14)4/h7-11H,5-6H2,1-4H3,(H,20,22). The van der Waals surface area contributed by atoms with Crippen LogP contribution in [0.2, 0.25) is 0 Å². The number of rotatable bonds is 5. The Kier molecular flexibility index (Phi) is 5.09. The van der Waals surface area contributed by atoms with Gasteiger partial charge >= 0.3 is 0 Å². The lowest BCUT2D eigenvalue weighted by Crippen LogP contribution is -2.24.